The number of aromatic nitrogens is 3. The first kappa shape index (κ1) is 25.9. The number of nitrogen functional groups attached to an aromatic ring is 1. The third kappa shape index (κ3) is 5.33. The number of benzene rings is 2. The Morgan fingerprint density at radius 1 is 1.03 bits per heavy atom. The number of para-hydroxylation sites is 1. The average molecular weight is 500 g/mol. The largest absolute Gasteiger partial charge is 0.383 e. The number of aromatic amines is 1. The van der Waals surface area contributed by atoms with Crippen LogP contribution < -0.4 is 21.9 Å². The highest BCUT2D eigenvalue weighted by atomic mass is 16.2. The highest BCUT2D eigenvalue weighted by Gasteiger charge is 2.28. The van der Waals surface area contributed by atoms with Crippen molar-refractivity contribution in [2.75, 3.05) is 17.2 Å². The second-order valence-corrected chi connectivity index (χ2v) is 10.2. The SMILES string of the molecule is Cc1ccc(-c2cc(C(=O)N(CC(C)C)c3c(N)n(CC(C)C)c(=O)[nH]c3=O)c3ccccc3n2)cc1. The van der Waals surface area contributed by atoms with E-state index >= 15 is 0 Å². The van der Waals surface area contributed by atoms with E-state index < -0.39 is 11.2 Å². The van der Waals surface area contributed by atoms with Gasteiger partial charge in [-0.1, -0.05) is 75.7 Å². The maximum absolute atomic E-state index is 14.3. The number of anilines is 2. The zero-order valence-corrected chi connectivity index (χ0v) is 21.9. The van der Waals surface area contributed by atoms with Crippen LogP contribution in [0.1, 0.15) is 43.6 Å². The predicted octanol–water partition coefficient (Wildman–Crippen LogP) is 4.60. The van der Waals surface area contributed by atoms with E-state index in [-0.39, 0.29) is 35.8 Å². The molecule has 2 aromatic carbocycles. The molecular formula is C29H33N5O3. The van der Waals surface area contributed by atoms with Crippen molar-refractivity contribution in [3.8, 4) is 11.3 Å². The van der Waals surface area contributed by atoms with Crippen LogP contribution in [0.5, 0.6) is 0 Å². The minimum Gasteiger partial charge on any atom is -0.383 e. The molecule has 8 nitrogen and oxygen atoms in total. The number of nitrogens with two attached hydrogens (primary N) is 1. The summed E-state index contributed by atoms with van der Waals surface area (Å²) < 4.78 is 1.32. The van der Waals surface area contributed by atoms with E-state index in [1.165, 1.54) is 9.47 Å². The van der Waals surface area contributed by atoms with Crippen molar-refractivity contribution in [3.05, 3.63) is 86.6 Å². The summed E-state index contributed by atoms with van der Waals surface area (Å²) in [4.78, 5) is 48.4. The molecule has 0 saturated carbocycles. The molecule has 0 bridgehead atoms. The van der Waals surface area contributed by atoms with Gasteiger partial charge >= 0.3 is 5.69 Å². The summed E-state index contributed by atoms with van der Waals surface area (Å²) in [5.74, 6) is -0.270. The van der Waals surface area contributed by atoms with Gasteiger partial charge in [0.2, 0.25) is 0 Å². The Morgan fingerprint density at radius 3 is 2.35 bits per heavy atom. The summed E-state index contributed by atoms with van der Waals surface area (Å²) in [5.41, 5.74) is 8.84. The lowest BCUT2D eigenvalue weighted by Crippen LogP contribution is -2.43. The lowest BCUT2D eigenvalue weighted by molar-refractivity contribution is 0.0985. The summed E-state index contributed by atoms with van der Waals surface area (Å²) >= 11 is 0. The summed E-state index contributed by atoms with van der Waals surface area (Å²) in [6, 6.07) is 17.1. The van der Waals surface area contributed by atoms with Gasteiger partial charge in [-0.2, -0.15) is 0 Å². The Morgan fingerprint density at radius 2 is 1.70 bits per heavy atom. The van der Waals surface area contributed by atoms with Crippen LogP contribution in [0, 0.1) is 18.8 Å². The van der Waals surface area contributed by atoms with Gasteiger partial charge in [-0.25, -0.2) is 9.78 Å². The number of hydrogen-bond donors (Lipinski definition) is 2. The fourth-order valence-electron chi connectivity index (χ4n) is 4.40. The van der Waals surface area contributed by atoms with Crippen LogP contribution >= 0.6 is 0 Å². The molecule has 8 heteroatoms. The van der Waals surface area contributed by atoms with Gasteiger partial charge in [-0.15, -0.1) is 0 Å². The van der Waals surface area contributed by atoms with E-state index in [1.807, 2.05) is 83.1 Å². The lowest BCUT2D eigenvalue weighted by atomic mass is 10.0. The van der Waals surface area contributed by atoms with Crippen LogP contribution in [0.2, 0.25) is 0 Å². The van der Waals surface area contributed by atoms with Gasteiger partial charge < -0.3 is 10.6 Å². The highest BCUT2D eigenvalue weighted by Crippen LogP contribution is 2.28. The summed E-state index contributed by atoms with van der Waals surface area (Å²) in [5, 5.41) is 0.669. The van der Waals surface area contributed by atoms with E-state index in [4.69, 9.17) is 10.7 Å². The monoisotopic (exact) mass is 499 g/mol. The van der Waals surface area contributed by atoms with Gasteiger partial charge in [0.05, 0.1) is 16.8 Å². The highest BCUT2D eigenvalue weighted by molar-refractivity contribution is 6.15. The summed E-state index contributed by atoms with van der Waals surface area (Å²) in [6.45, 7) is 10.4. The number of aryl methyl sites for hydroxylation is 1. The van der Waals surface area contributed by atoms with E-state index in [0.29, 0.717) is 28.7 Å². The van der Waals surface area contributed by atoms with Crippen LogP contribution in [-0.4, -0.2) is 27.0 Å². The van der Waals surface area contributed by atoms with Crippen molar-refractivity contribution in [2.45, 2.75) is 41.2 Å². The summed E-state index contributed by atoms with van der Waals surface area (Å²) in [7, 11) is 0. The van der Waals surface area contributed by atoms with Crippen LogP contribution in [0.25, 0.3) is 22.2 Å². The van der Waals surface area contributed by atoms with Crippen molar-refractivity contribution in [2.24, 2.45) is 11.8 Å². The molecule has 37 heavy (non-hydrogen) atoms. The number of fused-ring (bicyclic) bond motifs is 1. The molecule has 0 saturated heterocycles. The van der Waals surface area contributed by atoms with Crippen LogP contribution in [0.15, 0.2) is 64.2 Å². The number of nitrogens with zero attached hydrogens (tertiary/aromatic N) is 3. The molecular weight excluding hydrogens is 466 g/mol. The van der Waals surface area contributed by atoms with Crippen LogP contribution in [0.4, 0.5) is 11.5 Å². The first-order chi connectivity index (χ1) is 17.6. The van der Waals surface area contributed by atoms with Gasteiger partial charge in [-0.3, -0.25) is 19.1 Å². The molecule has 0 unspecified atom stereocenters. The first-order valence-electron chi connectivity index (χ1n) is 12.5. The van der Waals surface area contributed by atoms with Gasteiger partial charge in [0.15, 0.2) is 5.69 Å². The molecule has 0 atom stereocenters. The van der Waals surface area contributed by atoms with E-state index in [0.717, 1.165) is 11.1 Å². The molecule has 3 N–H and O–H groups in total. The quantitative estimate of drug-likeness (QED) is 0.386. The topological polar surface area (TPSA) is 114 Å². The molecule has 192 valence electrons. The first-order valence-corrected chi connectivity index (χ1v) is 12.5. The van der Waals surface area contributed by atoms with Gasteiger partial charge in [0, 0.05) is 24.0 Å². The molecule has 4 aromatic rings. The number of carbonyl (C=O) groups excluding carboxylic acids is 1. The zero-order chi connectivity index (χ0) is 26.9. The average Bonchev–Trinajstić information content (AvgIpc) is 2.85. The number of hydrogen-bond acceptors (Lipinski definition) is 5. The Balaban J connectivity index is 1.94. The standard InChI is InChI=1S/C29H33N5O3/c1-17(2)15-33(25-26(30)34(16-18(3)4)29(37)32-27(25)35)28(36)22-14-24(20-12-10-19(5)11-13-20)31-23-9-7-6-8-21(22)23/h6-14,17-18H,15-16,30H2,1-5H3,(H,32,35,37). The number of rotatable bonds is 7. The maximum atomic E-state index is 14.3. The molecule has 0 spiro atoms. The smallest absolute Gasteiger partial charge is 0.330 e. The molecule has 0 aliphatic carbocycles. The van der Waals surface area contributed by atoms with Gasteiger partial charge in [0.1, 0.15) is 5.82 Å². The minimum absolute atomic E-state index is 0.0169. The number of carbonyl (C=O) groups is 1. The van der Waals surface area contributed by atoms with Crippen molar-refractivity contribution in [1.82, 2.24) is 14.5 Å². The molecule has 4 rings (SSSR count). The number of pyridine rings is 1. The van der Waals surface area contributed by atoms with E-state index in [1.54, 1.807) is 6.07 Å². The Hall–Kier alpha value is -4.20. The molecule has 2 aromatic heterocycles. The third-order valence-corrected chi connectivity index (χ3v) is 6.12. The fraction of sp³-hybridized carbons (Fsp3) is 0.310. The second kappa shape index (κ2) is 10.4. The molecule has 1 amide bonds. The molecule has 0 radical (unpaired) electrons. The summed E-state index contributed by atoms with van der Waals surface area (Å²) in [6.07, 6.45) is 0. The van der Waals surface area contributed by atoms with Crippen molar-refractivity contribution >= 4 is 28.3 Å². The lowest BCUT2D eigenvalue weighted by Gasteiger charge is -2.27. The number of amides is 1. The normalized spacial score (nSPS) is 11.4. The third-order valence-electron chi connectivity index (χ3n) is 6.12. The van der Waals surface area contributed by atoms with Crippen molar-refractivity contribution in [1.29, 1.82) is 0 Å². The van der Waals surface area contributed by atoms with Crippen LogP contribution in [0.3, 0.4) is 0 Å². The van der Waals surface area contributed by atoms with Crippen molar-refractivity contribution in [3.63, 3.8) is 0 Å². The molecule has 0 aliphatic heterocycles. The van der Waals surface area contributed by atoms with Gasteiger partial charge in [-0.05, 0) is 30.9 Å². The van der Waals surface area contributed by atoms with E-state index in [9.17, 15) is 14.4 Å². The van der Waals surface area contributed by atoms with Gasteiger partial charge in [0.25, 0.3) is 11.5 Å². The zero-order valence-electron chi connectivity index (χ0n) is 21.9. The Kier molecular flexibility index (Phi) is 7.29. The second-order valence-electron chi connectivity index (χ2n) is 10.2. The fourth-order valence-corrected chi connectivity index (χ4v) is 4.40. The molecule has 2 heterocycles. The van der Waals surface area contributed by atoms with E-state index in [2.05, 4.69) is 4.98 Å². The Labute approximate surface area is 215 Å². The van der Waals surface area contributed by atoms with Crippen molar-refractivity contribution < 1.29 is 4.79 Å². The molecule has 0 fully saturated rings. The molecule has 0 aliphatic rings. The maximum Gasteiger partial charge on any atom is 0.330 e. The Bertz CT molecular complexity index is 1570. The number of nitrogens with one attached hydrogen (secondary N) is 1. The minimum atomic E-state index is -0.686. The van der Waals surface area contributed by atoms with Crippen LogP contribution in [-0.2, 0) is 6.54 Å². The predicted molar refractivity (Wildman–Crippen MR) is 149 cm³/mol. The number of H-pyrrole nitrogens is 1.